The Labute approximate surface area is 356 Å². The van der Waals surface area contributed by atoms with Gasteiger partial charge in [-0.2, -0.15) is 0 Å². The topological polar surface area (TPSA) is 6.48 Å². The van der Waals surface area contributed by atoms with Crippen LogP contribution >= 0.6 is 11.3 Å². The van der Waals surface area contributed by atoms with E-state index in [-0.39, 0.29) is 23.0 Å². The van der Waals surface area contributed by atoms with Gasteiger partial charge >= 0.3 is 0 Å². The van der Waals surface area contributed by atoms with Gasteiger partial charge in [0.05, 0.1) is 0 Å². The molecule has 4 heteroatoms. The summed E-state index contributed by atoms with van der Waals surface area (Å²) in [6, 6.07) is 47.2. The lowest BCUT2D eigenvalue weighted by atomic mass is 9.33. The van der Waals surface area contributed by atoms with Gasteiger partial charge in [-0.15, -0.1) is 11.3 Å². The Morgan fingerprint density at radius 2 is 1.05 bits per heavy atom. The van der Waals surface area contributed by atoms with Crippen LogP contribution in [0.3, 0.4) is 0 Å². The Kier molecular flexibility index (Phi) is 8.58. The van der Waals surface area contributed by atoms with Crippen molar-refractivity contribution in [2.45, 2.75) is 98.3 Å². The maximum atomic E-state index is 2.56. The fourth-order valence-electron chi connectivity index (χ4n) is 9.80. The number of rotatable bonds is 3. The lowest BCUT2D eigenvalue weighted by Gasteiger charge is -2.45. The summed E-state index contributed by atoms with van der Waals surface area (Å²) in [6.07, 6.45) is 4.65. The highest BCUT2D eigenvalue weighted by atomic mass is 32.1. The second-order valence-electron chi connectivity index (χ2n) is 20.3. The van der Waals surface area contributed by atoms with Crippen molar-refractivity contribution in [1.29, 1.82) is 0 Å². The second kappa shape index (κ2) is 13.3. The van der Waals surface area contributed by atoms with E-state index in [2.05, 4.69) is 206 Å². The molecule has 7 aromatic rings. The highest BCUT2D eigenvalue weighted by molar-refractivity contribution is 7.20. The molecule has 0 radical (unpaired) electrons. The Morgan fingerprint density at radius 1 is 0.542 bits per heavy atom. The monoisotopic (exact) mass is 786 g/mol. The molecule has 0 amide bonds. The third-order valence-corrected chi connectivity index (χ3v) is 14.3. The van der Waals surface area contributed by atoms with E-state index in [1.165, 1.54) is 104 Å². The number of aryl methyl sites for hydroxylation is 2. The number of hydrogen-bond acceptors (Lipinski definition) is 3. The summed E-state index contributed by atoms with van der Waals surface area (Å²) in [4.78, 5) is 6.55. The Hall–Kier alpha value is -5.32. The van der Waals surface area contributed by atoms with Gasteiger partial charge in [0, 0.05) is 43.7 Å². The van der Waals surface area contributed by atoms with Gasteiger partial charge in [-0.25, -0.2) is 0 Å². The second-order valence-corrected chi connectivity index (χ2v) is 21.3. The molecule has 0 atom stereocenters. The third kappa shape index (κ3) is 6.21. The van der Waals surface area contributed by atoms with E-state index in [1.807, 2.05) is 11.3 Å². The van der Waals surface area contributed by atoms with Crippen LogP contribution in [0, 0.1) is 6.92 Å². The van der Waals surface area contributed by atoms with Crippen LogP contribution in [0.4, 0.5) is 34.1 Å². The van der Waals surface area contributed by atoms with Crippen LogP contribution in [-0.2, 0) is 22.7 Å². The van der Waals surface area contributed by atoms with Crippen LogP contribution in [0.25, 0.3) is 15.7 Å². The minimum Gasteiger partial charge on any atom is -0.311 e. The zero-order chi connectivity index (χ0) is 41.2. The summed E-state index contributed by atoms with van der Waals surface area (Å²) in [5.74, 6) is 0. The Balaban J connectivity index is 1.19. The number of benzene rings is 6. The first-order chi connectivity index (χ1) is 28.1. The van der Waals surface area contributed by atoms with Gasteiger partial charge in [-0.3, -0.25) is 0 Å². The number of allylic oxidation sites excluding steroid dienone is 1. The average molecular weight is 787 g/mol. The standard InChI is InChI=1S/C55H55BN2S/c1-34-30-48-51-49(31-34)58(40-26-20-36(21-27-40)53(2,3)4)47-29-23-38(55(8,9)10)33-45(47)56(51)44-32-37(54(5,6)7)22-28-46(44)57(48)39-24-18-35(19-25-39)41-15-13-16-43-42-14-11-12-17-50(42)59-52(41)43/h11-12,14-15,17-33H,13,16H2,1-10H3. The number of nitrogens with zero attached hydrogens (tertiary/aromatic N) is 2. The summed E-state index contributed by atoms with van der Waals surface area (Å²) < 4.78 is 1.38. The molecule has 0 bridgehead atoms. The van der Waals surface area contributed by atoms with Crippen LogP contribution in [0.5, 0.6) is 0 Å². The molecule has 2 aliphatic heterocycles. The van der Waals surface area contributed by atoms with Crippen LogP contribution in [-0.4, -0.2) is 6.71 Å². The Morgan fingerprint density at radius 3 is 1.59 bits per heavy atom. The molecule has 59 heavy (non-hydrogen) atoms. The minimum absolute atomic E-state index is 0.00263. The number of anilines is 6. The maximum absolute atomic E-state index is 2.56. The largest absolute Gasteiger partial charge is 0.311 e. The summed E-state index contributed by atoms with van der Waals surface area (Å²) in [5, 5.41) is 1.42. The molecule has 294 valence electrons. The van der Waals surface area contributed by atoms with Gasteiger partial charge < -0.3 is 9.80 Å². The highest BCUT2D eigenvalue weighted by Crippen LogP contribution is 2.47. The smallest absolute Gasteiger partial charge is 0.252 e. The molecule has 0 spiro atoms. The molecule has 0 N–H and O–H groups in total. The molecule has 0 fully saturated rings. The van der Waals surface area contributed by atoms with E-state index in [0.717, 1.165) is 12.8 Å². The molecular weight excluding hydrogens is 731 g/mol. The van der Waals surface area contributed by atoms with Crippen LogP contribution in [0.1, 0.15) is 107 Å². The molecule has 0 saturated heterocycles. The van der Waals surface area contributed by atoms with Crippen molar-refractivity contribution < 1.29 is 0 Å². The fourth-order valence-corrected chi connectivity index (χ4v) is 11.1. The zero-order valence-electron chi connectivity index (χ0n) is 36.4. The summed E-state index contributed by atoms with van der Waals surface area (Å²) in [6.45, 7) is 23.3. The van der Waals surface area contributed by atoms with Gasteiger partial charge in [0.2, 0.25) is 0 Å². The van der Waals surface area contributed by atoms with Crippen molar-refractivity contribution in [3.63, 3.8) is 0 Å². The molecule has 0 unspecified atom stereocenters. The molecule has 3 aliphatic rings. The quantitative estimate of drug-likeness (QED) is 0.165. The molecule has 3 heterocycles. The maximum Gasteiger partial charge on any atom is 0.252 e. The molecule has 1 aliphatic carbocycles. The van der Waals surface area contributed by atoms with Gasteiger partial charge in [-0.05, 0) is 151 Å². The SMILES string of the molecule is Cc1cc2c3c(c1)N(c1ccc(C(C)(C)C)cc1)c1ccc(C(C)(C)C)cc1B3c1cc(C(C)(C)C)ccc1N2c1ccc(C2=CCCc3c2sc2ccccc32)cc1. The van der Waals surface area contributed by atoms with Crippen molar-refractivity contribution in [3.8, 4) is 0 Å². The van der Waals surface area contributed by atoms with Gasteiger partial charge in [0.1, 0.15) is 0 Å². The average Bonchev–Trinajstić information content (AvgIpc) is 3.58. The zero-order valence-corrected chi connectivity index (χ0v) is 37.2. The van der Waals surface area contributed by atoms with Crippen LogP contribution < -0.4 is 26.2 Å². The molecule has 10 rings (SSSR count). The number of thiophene rings is 1. The van der Waals surface area contributed by atoms with Gasteiger partial charge in [-0.1, -0.05) is 135 Å². The van der Waals surface area contributed by atoms with Crippen molar-refractivity contribution in [2.75, 3.05) is 9.80 Å². The first-order valence-corrected chi connectivity index (χ1v) is 22.3. The van der Waals surface area contributed by atoms with Crippen LogP contribution in [0.2, 0.25) is 0 Å². The first kappa shape index (κ1) is 37.9. The number of hydrogen-bond donors (Lipinski definition) is 0. The Bertz CT molecular complexity index is 2840. The summed E-state index contributed by atoms with van der Waals surface area (Å²) in [5.41, 5.74) is 21.2. The summed E-state index contributed by atoms with van der Waals surface area (Å²) >= 11 is 1.95. The molecule has 6 aromatic carbocycles. The molecule has 0 saturated carbocycles. The van der Waals surface area contributed by atoms with Crippen molar-refractivity contribution in [1.82, 2.24) is 0 Å². The minimum atomic E-state index is 0.00263. The molecular formula is C55H55BN2S. The van der Waals surface area contributed by atoms with E-state index in [0.29, 0.717) is 0 Å². The van der Waals surface area contributed by atoms with E-state index in [4.69, 9.17) is 0 Å². The number of fused-ring (bicyclic) bond motifs is 7. The van der Waals surface area contributed by atoms with E-state index in [9.17, 15) is 0 Å². The van der Waals surface area contributed by atoms with E-state index >= 15 is 0 Å². The van der Waals surface area contributed by atoms with Gasteiger partial charge in [0.25, 0.3) is 6.71 Å². The van der Waals surface area contributed by atoms with Crippen LogP contribution in [0.15, 0.2) is 127 Å². The molecule has 2 nitrogen and oxygen atoms in total. The third-order valence-electron chi connectivity index (χ3n) is 13.1. The normalized spacial score (nSPS) is 14.8. The van der Waals surface area contributed by atoms with E-state index in [1.54, 1.807) is 0 Å². The van der Waals surface area contributed by atoms with Crippen molar-refractivity contribution in [3.05, 3.63) is 166 Å². The van der Waals surface area contributed by atoms with E-state index < -0.39 is 0 Å². The lowest BCUT2D eigenvalue weighted by Crippen LogP contribution is -2.61. The predicted molar refractivity (Wildman–Crippen MR) is 259 cm³/mol. The fraction of sp³-hybridized carbons (Fsp3) is 0.273. The predicted octanol–water partition coefficient (Wildman–Crippen LogP) is 13.6. The first-order valence-electron chi connectivity index (χ1n) is 21.5. The summed E-state index contributed by atoms with van der Waals surface area (Å²) in [7, 11) is 0. The highest BCUT2D eigenvalue weighted by Gasteiger charge is 2.44. The van der Waals surface area contributed by atoms with Gasteiger partial charge in [0.15, 0.2) is 0 Å². The lowest BCUT2D eigenvalue weighted by molar-refractivity contribution is 0.590. The molecule has 1 aromatic heterocycles. The van der Waals surface area contributed by atoms with Crippen molar-refractivity contribution in [2.24, 2.45) is 0 Å². The van der Waals surface area contributed by atoms with Crippen molar-refractivity contribution >= 4 is 84.2 Å².